The predicted octanol–water partition coefficient (Wildman–Crippen LogP) is 3.41. The van der Waals surface area contributed by atoms with Crippen LogP contribution in [0.3, 0.4) is 0 Å². The molecule has 2 fully saturated rings. The average molecular weight is 503 g/mol. The minimum Gasteiger partial charge on any atom is -0.478 e. The van der Waals surface area contributed by atoms with Crippen molar-refractivity contribution >= 4 is 50.2 Å². The van der Waals surface area contributed by atoms with Crippen molar-refractivity contribution in [1.82, 2.24) is 25.2 Å². The number of nitrogens with one attached hydrogen (secondary N) is 2. The molecule has 0 aliphatic carbocycles. The molecule has 11 heteroatoms. The van der Waals surface area contributed by atoms with E-state index in [4.69, 9.17) is 16.6 Å². The summed E-state index contributed by atoms with van der Waals surface area (Å²) in [5.74, 6) is -0.936. The number of halogens is 1. The van der Waals surface area contributed by atoms with Gasteiger partial charge in [0, 0.05) is 25.2 Å². The second-order valence-corrected chi connectivity index (χ2v) is 10.1. The van der Waals surface area contributed by atoms with Gasteiger partial charge in [-0.2, -0.15) is 0 Å². The highest BCUT2D eigenvalue weighted by atomic mass is 35.5. The third kappa shape index (κ3) is 4.37. The molecule has 2 saturated heterocycles. The molecule has 2 aliphatic heterocycles. The summed E-state index contributed by atoms with van der Waals surface area (Å²) in [4.78, 5) is 41.2. The zero-order valence-electron chi connectivity index (χ0n) is 18.9. The molecule has 0 saturated carbocycles. The zero-order valence-corrected chi connectivity index (χ0v) is 20.5. The number of aromatic amines is 1. The summed E-state index contributed by atoms with van der Waals surface area (Å²) in [6.07, 6.45) is 3.73. The van der Waals surface area contributed by atoms with Gasteiger partial charge in [-0.15, -0.1) is 0 Å². The fourth-order valence-corrected chi connectivity index (χ4v) is 6.29. The number of carboxylic acids is 1. The number of aryl methyl sites for hydroxylation is 1. The molecule has 2 unspecified atom stereocenters. The number of carboxylic acid groups (broad SMARTS) is 1. The topological polar surface area (TPSA) is 114 Å². The number of fused-ring (bicyclic) bond motifs is 1. The molecular formula is C23H27ClN6O3S. The number of aromatic nitrogens is 3. The van der Waals surface area contributed by atoms with Gasteiger partial charge in [0.2, 0.25) is 0 Å². The van der Waals surface area contributed by atoms with Crippen LogP contribution in [0.1, 0.15) is 52.9 Å². The van der Waals surface area contributed by atoms with Crippen LogP contribution in [0, 0.1) is 0 Å². The highest BCUT2D eigenvalue weighted by Gasteiger charge is 2.37. The molecule has 2 aromatic heterocycles. The number of H-pyrrole nitrogens is 1. The maximum absolute atomic E-state index is 13.0. The summed E-state index contributed by atoms with van der Waals surface area (Å²) < 4.78 is 0.694. The van der Waals surface area contributed by atoms with Crippen LogP contribution in [-0.4, -0.2) is 75.1 Å². The highest BCUT2D eigenvalue weighted by molar-refractivity contribution is 7.22. The van der Waals surface area contributed by atoms with Crippen LogP contribution in [0.25, 0.3) is 10.2 Å². The smallest absolute Gasteiger partial charge is 0.337 e. The van der Waals surface area contributed by atoms with E-state index < -0.39 is 5.97 Å². The molecule has 180 valence electrons. The Balaban J connectivity index is 1.37. The van der Waals surface area contributed by atoms with E-state index in [0.717, 1.165) is 49.7 Å². The lowest BCUT2D eigenvalue weighted by atomic mass is 9.98. The molecule has 5 rings (SSSR count). The fourth-order valence-electron chi connectivity index (χ4n) is 4.92. The van der Waals surface area contributed by atoms with E-state index in [2.05, 4.69) is 25.1 Å². The summed E-state index contributed by atoms with van der Waals surface area (Å²) in [7, 11) is 0. The van der Waals surface area contributed by atoms with Gasteiger partial charge >= 0.3 is 5.97 Å². The number of hydrogen-bond donors (Lipinski definition) is 3. The van der Waals surface area contributed by atoms with Gasteiger partial charge in [-0.05, 0) is 50.9 Å². The number of amides is 1. The van der Waals surface area contributed by atoms with Gasteiger partial charge in [0.1, 0.15) is 0 Å². The van der Waals surface area contributed by atoms with Crippen molar-refractivity contribution in [2.45, 2.75) is 44.7 Å². The number of aromatic carboxylic acids is 1. The Hall–Kier alpha value is -2.69. The SMILES string of the molecule is CCc1[nH]c(C(=O)NC2CCN(c3nc4cccc(C(=O)O)c4s3)CC2N2CCCC2)nc1Cl. The van der Waals surface area contributed by atoms with Gasteiger partial charge in [-0.1, -0.05) is 35.9 Å². The molecule has 1 amide bonds. The second kappa shape index (κ2) is 9.52. The molecule has 3 N–H and O–H groups in total. The van der Waals surface area contributed by atoms with Crippen molar-refractivity contribution in [3.63, 3.8) is 0 Å². The first kappa shape index (κ1) is 23.1. The first-order valence-electron chi connectivity index (χ1n) is 11.6. The lowest BCUT2D eigenvalue weighted by Crippen LogP contribution is -2.60. The Bertz CT molecular complexity index is 1220. The van der Waals surface area contributed by atoms with E-state index in [-0.39, 0.29) is 29.4 Å². The maximum atomic E-state index is 13.0. The molecule has 0 radical (unpaired) electrons. The number of carbonyl (C=O) groups is 2. The van der Waals surface area contributed by atoms with Crippen molar-refractivity contribution in [3.8, 4) is 0 Å². The molecule has 4 heterocycles. The number of thiazole rings is 1. The summed E-state index contributed by atoms with van der Waals surface area (Å²) in [6.45, 7) is 5.39. The fraction of sp³-hybridized carbons (Fsp3) is 0.478. The van der Waals surface area contributed by atoms with Gasteiger partial charge in [-0.25, -0.2) is 14.8 Å². The minimum absolute atomic E-state index is 0.0280. The number of hydrogen-bond acceptors (Lipinski definition) is 7. The Labute approximate surface area is 206 Å². The van der Waals surface area contributed by atoms with Gasteiger partial charge in [0.25, 0.3) is 5.91 Å². The molecule has 3 aromatic rings. The Morgan fingerprint density at radius 1 is 1.26 bits per heavy atom. The highest BCUT2D eigenvalue weighted by Crippen LogP contribution is 2.34. The Kier molecular flexibility index (Phi) is 6.46. The van der Waals surface area contributed by atoms with Crippen molar-refractivity contribution in [2.75, 3.05) is 31.1 Å². The predicted molar refractivity (Wildman–Crippen MR) is 132 cm³/mol. The standard InChI is InChI=1S/C23H27ClN6O3S/c1-2-14-19(24)28-20(25-14)21(31)26-15-8-11-30(12-17(15)29-9-3-4-10-29)23-27-16-7-5-6-13(22(32)33)18(16)34-23/h5-7,15,17H,2-4,8-12H2,1H3,(H,25,28)(H,26,31)(H,32,33). The average Bonchev–Trinajstić information content (AvgIpc) is 3.58. The monoisotopic (exact) mass is 502 g/mol. The number of likely N-dealkylation sites (tertiary alicyclic amines) is 1. The third-order valence-electron chi connectivity index (χ3n) is 6.71. The molecular weight excluding hydrogens is 476 g/mol. The first-order chi connectivity index (χ1) is 16.4. The first-order valence-corrected chi connectivity index (χ1v) is 12.8. The van der Waals surface area contributed by atoms with Gasteiger partial charge in [-0.3, -0.25) is 9.69 Å². The molecule has 34 heavy (non-hydrogen) atoms. The van der Waals surface area contributed by atoms with Crippen LogP contribution in [-0.2, 0) is 6.42 Å². The number of rotatable bonds is 6. The molecule has 0 spiro atoms. The molecule has 0 bridgehead atoms. The van der Waals surface area contributed by atoms with Crippen LogP contribution in [0.4, 0.5) is 5.13 Å². The van der Waals surface area contributed by atoms with Crippen molar-refractivity contribution in [3.05, 3.63) is 40.4 Å². The summed E-state index contributed by atoms with van der Waals surface area (Å²) >= 11 is 7.56. The number of benzene rings is 1. The van der Waals surface area contributed by atoms with E-state index in [9.17, 15) is 14.7 Å². The number of nitrogens with zero attached hydrogens (tertiary/aromatic N) is 4. The van der Waals surface area contributed by atoms with Gasteiger partial charge in [0.15, 0.2) is 16.1 Å². The lowest BCUT2D eigenvalue weighted by molar-refractivity contribution is 0.0698. The van der Waals surface area contributed by atoms with Gasteiger partial charge in [0.05, 0.1) is 21.5 Å². The van der Waals surface area contributed by atoms with E-state index in [1.807, 2.05) is 13.0 Å². The zero-order chi connectivity index (χ0) is 23.8. The Morgan fingerprint density at radius 3 is 2.76 bits per heavy atom. The normalized spacial score (nSPS) is 21.3. The van der Waals surface area contributed by atoms with Crippen LogP contribution in [0.15, 0.2) is 18.2 Å². The lowest BCUT2D eigenvalue weighted by Gasteiger charge is -2.43. The van der Waals surface area contributed by atoms with Gasteiger partial charge < -0.3 is 20.3 Å². The maximum Gasteiger partial charge on any atom is 0.337 e. The number of carbonyl (C=O) groups excluding carboxylic acids is 1. The molecule has 1 aromatic carbocycles. The number of piperidine rings is 1. The number of anilines is 1. The largest absolute Gasteiger partial charge is 0.478 e. The van der Waals surface area contributed by atoms with Crippen molar-refractivity contribution < 1.29 is 14.7 Å². The van der Waals surface area contributed by atoms with Crippen LogP contribution < -0.4 is 10.2 Å². The molecule has 2 aliphatic rings. The summed E-state index contributed by atoms with van der Waals surface area (Å²) in [5, 5.41) is 13.9. The summed E-state index contributed by atoms with van der Waals surface area (Å²) in [5.41, 5.74) is 1.74. The van der Waals surface area contributed by atoms with E-state index in [1.54, 1.807) is 12.1 Å². The minimum atomic E-state index is -0.943. The van der Waals surface area contributed by atoms with E-state index in [0.29, 0.717) is 28.3 Å². The van der Waals surface area contributed by atoms with Crippen LogP contribution in [0.5, 0.6) is 0 Å². The molecule has 9 nitrogen and oxygen atoms in total. The Morgan fingerprint density at radius 2 is 2.06 bits per heavy atom. The second-order valence-electron chi connectivity index (χ2n) is 8.79. The number of imidazole rings is 1. The van der Waals surface area contributed by atoms with Crippen molar-refractivity contribution in [2.24, 2.45) is 0 Å². The van der Waals surface area contributed by atoms with E-state index in [1.165, 1.54) is 11.3 Å². The van der Waals surface area contributed by atoms with E-state index >= 15 is 0 Å². The summed E-state index contributed by atoms with van der Waals surface area (Å²) in [6, 6.07) is 5.30. The third-order valence-corrected chi connectivity index (χ3v) is 8.19. The van der Waals surface area contributed by atoms with Crippen molar-refractivity contribution in [1.29, 1.82) is 0 Å². The molecule has 2 atom stereocenters. The quantitative estimate of drug-likeness (QED) is 0.473. The van der Waals surface area contributed by atoms with Crippen LogP contribution >= 0.6 is 22.9 Å². The van der Waals surface area contributed by atoms with Crippen LogP contribution in [0.2, 0.25) is 5.15 Å².